The summed E-state index contributed by atoms with van der Waals surface area (Å²) in [6, 6.07) is 6.95. The van der Waals surface area contributed by atoms with Crippen LogP contribution in [0.5, 0.6) is 5.75 Å². The Morgan fingerprint density at radius 2 is 2.00 bits per heavy atom. The van der Waals surface area contributed by atoms with Gasteiger partial charge in [-0.3, -0.25) is 4.98 Å². The van der Waals surface area contributed by atoms with Crippen molar-refractivity contribution in [3.8, 4) is 5.75 Å². The summed E-state index contributed by atoms with van der Waals surface area (Å²) in [7, 11) is 1.58. The molecule has 0 saturated carbocycles. The predicted octanol–water partition coefficient (Wildman–Crippen LogP) is 4.50. The number of anilines is 3. The zero-order chi connectivity index (χ0) is 18.7. The summed E-state index contributed by atoms with van der Waals surface area (Å²) >= 11 is 6.00. The number of ether oxygens (including phenoxy) is 1. The Bertz CT molecular complexity index is 949. The Hall–Kier alpha value is -2.86. The van der Waals surface area contributed by atoms with Crippen LogP contribution in [0.4, 0.5) is 21.6 Å². The molecule has 0 aliphatic rings. The SMILES string of the molecule is COc1cc(Cl)ccc1Nc1cncc(Cc2ccnc(N)c2F)c1C. The first kappa shape index (κ1) is 17.9. The first-order chi connectivity index (χ1) is 12.5. The number of hydrogen-bond donors (Lipinski definition) is 2. The Kier molecular flexibility index (Phi) is 5.23. The molecule has 0 amide bonds. The van der Waals surface area contributed by atoms with E-state index in [1.165, 1.54) is 6.20 Å². The van der Waals surface area contributed by atoms with Gasteiger partial charge in [-0.15, -0.1) is 0 Å². The number of hydrogen-bond acceptors (Lipinski definition) is 5. The van der Waals surface area contributed by atoms with Gasteiger partial charge in [-0.1, -0.05) is 11.6 Å². The molecule has 134 valence electrons. The molecule has 3 aromatic rings. The second kappa shape index (κ2) is 7.58. The number of nitrogens with zero attached hydrogens (tertiary/aromatic N) is 2. The van der Waals surface area contributed by atoms with Crippen LogP contribution in [0.25, 0.3) is 0 Å². The number of halogens is 2. The van der Waals surface area contributed by atoms with E-state index >= 15 is 0 Å². The third-order valence-corrected chi connectivity index (χ3v) is 4.36. The fraction of sp³-hybridized carbons (Fsp3) is 0.158. The van der Waals surface area contributed by atoms with Crippen molar-refractivity contribution in [1.82, 2.24) is 9.97 Å². The Balaban J connectivity index is 1.91. The van der Waals surface area contributed by atoms with Gasteiger partial charge in [0, 0.05) is 29.9 Å². The van der Waals surface area contributed by atoms with E-state index in [4.69, 9.17) is 22.1 Å². The van der Waals surface area contributed by atoms with E-state index in [0.717, 1.165) is 22.5 Å². The van der Waals surface area contributed by atoms with Gasteiger partial charge in [0.15, 0.2) is 11.6 Å². The van der Waals surface area contributed by atoms with Crippen molar-refractivity contribution in [3.05, 3.63) is 70.4 Å². The summed E-state index contributed by atoms with van der Waals surface area (Å²) < 4.78 is 19.5. The molecular weight excluding hydrogens is 355 g/mol. The van der Waals surface area contributed by atoms with Gasteiger partial charge in [-0.25, -0.2) is 9.37 Å². The molecule has 0 bridgehead atoms. The maximum absolute atomic E-state index is 14.2. The first-order valence-electron chi connectivity index (χ1n) is 7.92. The minimum atomic E-state index is -0.496. The fourth-order valence-corrected chi connectivity index (χ4v) is 2.79. The van der Waals surface area contributed by atoms with Crippen molar-refractivity contribution in [1.29, 1.82) is 0 Å². The lowest BCUT2D eigenvalue weighted by molar-refractivity contribution is 0.417. The van der Waals surface area contributed by atoms with Crippen molar-refractivity contribution in [3.63, 3.8) is 0 Å². The molecule has 1 aromatic carbocycles. The molecule has 0 aliphatic heterocycles. The molecule has 0 radical (unpaired) electrons. The van der Waals surface area contributed by atoms with E-state index in [0.29, 0.717) is 22.8 Å². The van der Waals surface area contributed by atoms with Gasteiger partial charge in [0.2, 0.25) is 0 Å². The van der Waals surface area contributed by atoms with Gasteiger partial charge in [0.05, 0.1) is 24.7 Å². The van der Waals surface area contributed by atoms with Crippen molar-refractivity contribution in [2.45, 2.75) is 13.3 Å². The summed E-state index contributed by atoms with van der Waals surface area (Å²) in [6.07, 6.45) is 5.29. The first-order valence-corrected chi connectivity index (χ1v) is 8.30. The number of pyridine rings is 2. The molecular formula is C19H18ClFN4O. The van der Waals surface area contributed by atoms with Crippen molar-refractivity contribution < 1.29 is 9.13 Å². The molecule has 3 N–H and O–H groups in total. The Labute approximate surface area is 156 Å². The van der Waals surface area contributed by atoms with Crippen LogP contribution in [-0.2, 0) is 6.42 Å². The highest BCUT2D eigenvalue weighted by atomic mass is 35.5. The molecule has 26 heavy (non-hydrogen) atoms. The normalized spacial score (nSPS) is 10.6. The number of nitrogens with one attached hydrogen (secondary N) is 1. The second-order valence-corrected chi connectivity index (χ2v) is 6.22. The molecule has 5 nitrogen and oxygen atoms in total. The number of benzene rings is 1. The highest BCUT2D eigenvalue weighted by Crippen LogP contribution is 2.32. The monoisotopic (exact) mass is 372 g/mol. The van der Waals surface area contributed by atoms with Gasteiger partial charge in [-0.05, 0) is 41.8 Å². The number of nitrogens with two attached hydrogens (primary N) is 1. The van der Waals surface area contributed by atoms with Crippen molar-refractivity contribution >= 4 is 28.8 Å². The summed E-state index contributed by atoms with van der Waals surface area (Å²) in [5.41, 5.74) is 9.42. The lowest BCUT2D eigenvalue weighted by Crippen LogP contribution is -2.04. The van der Waals surface area contributed by atoms with Gasteiger partial charge in [0.25, 0.3) is 0 Å². The largest absolute Gasteiger partial charge is 0.495 e. The average Bonchev–Trinajstić information content (AvgIpc) is 2.63. The summed E-state index contributed by atoms with van der Waals surface area (Å²) in [4.78, 5) is 8.02. The summed E-state index contributed by atoms with van der Waals surface area (Å²) in [5.74, 6) is 0.0215. The minimum Gasteiger partial charge on any atom is -0.495 e. The fourth-order valence-electron chi connectivity index (χ4n) is 2.63. The van der Waals surface area contributed by atoms with Crippen LogP contribution in [0.3, 0.4) is 0 Å². The molecule has 7 heteroatoms. The Morgan fingerprint density at radius 1 is 1.19 bits per heavy atom. The average molecular weight is 373 g/mol. The quantitative estimate of drug-likeness (QED) is 0.689. The second-order valence-electron chi connectivity index (χ2n) is 5.79. The van der Waals surface area contributed by atoms with E-state index in [2.05, 4.69) is 15.3 Å². The molecule has 2 aromatic heterocycles. The molecule has 0 unspecified atom stereocenters. The van der Waals surface area contributed by atoms with Crippen LogP contribution in [0.2, 0.25) is 5.02 Å². The standard InChI is InChI=1S/C19H18ClFN4O/c1-11-13(7-12-5-6-24-19(22)18(12)21)9-23-10-16(11)25-15-4-3-14(20)8-17(15)26-2/h3-6,8-10,25H,7H2,1-2H3,(H2,22,24). The van der Waals surface area contributed by atoms with Crippen LogP contribution in [-0.4, -0.2) is 17.1 Å². The van der Waals surface area contributed by atoms with Crippen LogP contribution < -0.4 is 15.8 Å². The van der Waals surface area contributed by atoms with Crippen LogP contribution in [0.1, 0.15) is 16.7 Å². The zero-order valence-electron chi connectivity index (χ0n) is 14.4. The molecule has 0 spiro atoms. The third-order valence-electron chi connectivity index (χ3n) is 4.13. The smallest absolute Gasteiger partial charge is 0.168 e. The predicted molar refractivity (Wildman–Crippen MR) is 102 cm³/mol. The Morgan fingerprint density at radius 3 is 2.77 bits per heavy atom. The summed E-state index contributed by atoms with van der Waals surface area (Å²) in [6.45, 7) is 1.95. The van der Waals surface area contributed by atoms with Crippen molar-refractivity contribution in [2.24, 2.45) is 0 Å². The highest BCUT2D eigenvalue weighted by Gasteiger charge is 2.12. The molecule has 0 aliphatic carbocycles. The van der Waals surface area contributed by atoms with Gasteiger partial charge >= 0.3 is 0 Å². The van der Waals surface area contributed by atoms with E-state index in [-0.39, 0.29) is 5.82 Å². The molecule has 0 saturated heterocycles. The lowest BCUT2D eigenvalue weighted by Gasteiger charge is -2.15. The number of methoxy groups -OCH3 is 1. The van der Waals surface area contributed by atoms with E-state index < -0.39 is 5.82 Å². The number of nitrogen functional groups attached to an aromatic ring is 1. The lowest BCUT2D eigenvalue weighted by atomic mass is 10.0. The maximum Gasteiger partial charge on any atom is 0.168 e. The highest BCUT2D eigenvalue weighted by molar-refractivity contribution is 6.30. The van der Waals surface area contributed by atoms with Crippen molar-refractivity contribution in [2.75, 3.05) is 18.2 Å². The molecule has 3 rings (SSSR count). The zero-order valence-corrected chi connectivity index (χ0v) is 15.1. The van der Waals surface area contributed by atoms with Crippen LogP contribution in [0, 0.1) is 12.7 Å². The van der Waals surface area contributed by atoms with E-state index in [9.17, 15) is 4.39 Å². The van der Waals surface area contributed by atoms with E-state index in [1.807, 2.05) is 13.0 Å². The van der Waals surface area contributed by atoms with Gasteiger partial charge < -0.3 is 15.8 Å². The minimum absolute atomic E-state index is 0.103. The van der Waals surface area contributed by atoms with Gasteiger partial charge in [0.1, 0.15) is 5.75 Å². The number of rotatable bonds is 5. The molecule has 0 fully saturated rings. The number of aromatic nitrogens is 2. The molecule has 2 heterocycles. The summed E-state index contributed by atoms with van der Waals surface area (Å²) in [5, 5.41) is 3.88. The van der Waals surface area contributed by atoms with Gasteiger partial charge in [-0.2, -0.15) is 0 Å². The topological polar surface area (TPSA) is 73.1 Å². The van der Waals surface area contributed by atoms with Crippen LogP contribution >= 0.6 is 11.6 Å². The van der Waals surface area contributed by atoms with Crippen LogP contribution in [0.15, 0.2) is 42.9 Å². The van der Waals surface area contributed by atoms with E-state index in [1.54, 1.807) is 37.7 Å². The molecule has 0 atom stereocenters. The maximum atomic E-state index is 14.2. The third kappa shape index (κ3) is 3.70.